The van der Waals surface area contributed by atoms with Crippen LogP contribution in [-0.2, 0) is 23.1 Å². The highest BCUT2D eigenvalue weighted by atomic mass is 32.2. The molecule has 0 aromatic carbocycles. The van der Waals surface area contributed by atoms with E-state index in [4.69, 9.17) is 0 Å². The molecule has 0 radical (unpaired) electrons. The van der Waals surface area contributed by atoms with Gasteiger partial charge in [0.05, 0.1) is 11.4 Å². The topological polar surface area (TPSA) is 91.1 Å². The Labute approximate surface area is 124 Å². The van der Waals surface area contributed by atoms with Crippen LogP contribution in [0.3, 0.4) is 0 Å². The summed E-state index contributed by atoms with van der Waals surface area (Å²) < 4.78 is 26.6. The van der Waals surface area contributed by atoms with Gasteiger partial charge in [-0.15, -0.1) is 11.3 Å². The van der Waals surface area contributed by atoms with Crippen LogP contribution in [0.2, 0.25) is 0 Å². The Bertz CT molecular complexity index is 714. The lowest BCUT2D eigenvalue weighted by Gasteiger charge is -2.03. The van der Waals surface area contributed by atoms with E-state index in [-0.39, 0.29) is 16.3 Å². The van der Waals surface area contributed by atoms with Gasteiger partial charge in [-0.25, -0.2) is 13.1 Å². The second-order valence-electron chi connectivity index (χ2n) is 4.03. The first-order valence-electron chi connectivity index (χ1n) is 5.95. The Morgan fingerprint density at radius 3 is 2.70 bits per heavy atom. The van der Waals surface area contributed by atoms with Crippen molar-refractivity contribution < 1.29 is 8.42 Å². The molecule has 3 N–H and O–H groups in total. The molecule has 0 aliphatic carbocycles. The van der Waals surface area contributed by atoms with Crippen molar-refractivity contribution in [2.45, 2.75) is 24.9 Å². The molecule has 0 unspecified atom stereocenters. The van der Waals surface area contributed by atoms with Gasteiger partial charge in [-0.2, -0.15) is 0 Å². The molecule has 0 spiro atoms. The molecule has 0 amide bonds. The van der Waals surface area contributed by atoms with Gasteiger partial charge in [-0.05, 0) is 12.6 Å². The zero-order chi connectivity index (χ0) is 14.6. The summed E-state index contributed by atoms with van der Waals surface area (Å²) in [7, 11) is -3.54. The van der Waals surface area contributed by atoms with E-state index in [9.17, 15) is 13.2 Å². The molecule has 9 heteroatoms. The number of H-pyrrole nitrogens is 1. The summed E-state index contributed by atoms with van der Waals surface area (Å²) >= 11 is 2.42. The Morgan fingerprint density at radius 1 is 1.25 bits per heavy atom. The monoisotopic (exact) mass is 333 g/mol. The van der Waals surface area contributed by atoms with E-state index in [0.717, 1.165) is 22.8 Å². The van der Waals surface area contributed by atoms with E-state index in [1.807, 2.05) is 6.92 Å². The summed E-state index contributed by atoms with van der Waals surface area (Å²) in [6.07, 6.45) is 0. The lowest BCUT2D eigenvalue weighted by Crippen LogP contribution is -2.23. The Hall–Kier alpha value is -1.00. The number of nitrogens with one attached hydrogen (secondary N) is 3. The van der Waals surface area contributed by atoms with Gasteiger partial charge in [0.1, 0.15) is 0 Å². The maximum absolute atomic E-state index is 12.1. The van der Waals surface area contributed by atoms with Gasteiger partial charge in [0.25, 0.3) is 0 Å². The summed E-state index contributed by atoms with van der Waals surface area (Å²) in [5, 5.41) is 6.37. The molecule has 110 valence electrons. The molecule has 0 aliphatic heterocycles. The fraction of sp³-hybridized carbons (Fsp3) is 0.364. The van der Waals surface area contributed by atoms with Gasteiger partial charge >= 0.3 is 4.87 Å². The van der Waals surface area contributed by atoms with E-state index >= 15 is 0 Å². The third kappa shape index (κ3) is 4.00. The first-order valence-corrected chi connectivity index (χ1v) is 9.20. The van der Waals surface area contributed by atoms with Gasteiger partial charge in [-0.3, -0.25) is 4.79 Å². The number of thiophene rings is 1. The molecule has 0 fully saturated rings. The largest absolute Gasteiger partial charge is 0.315 e. The van der Waals surface area contributed by atoms with E-state index in [1.54, 1.807) is 16.8 Å². The number of aromatic nitrogens is 1. The number of aromatic amines is 1. The highest BCUT2D eigenvalue weighted by Gasteiger charge is 2.16. The quantitative estimate of drug-likeness (QED) is 0.707. The number of sulfonamides is 1. The van der Waals surface area contributed by atoms with Gasteiger partial charge < -0.3 is 10.3 Å². The zero-order valence-electron chi connectivity index (χ0n) is 10.8. The van der Waals surface area contributed by atoms with Gasteiger partial charge in [-0.1, -0.05) is 18.3 Å². The average Bonchev–Trinajstić information content (AvgIpc) is 3.03. The van der Waals surface area contributed by atoms with Crippen LogP contribution in [-0.4, -0.2) is 19.9 Å². The van der Waals surface area contributed by atoms with Crippen LogP contribution in [0.5, 0.6) is 0 Å². The summed E-state index contributed by atoms with van der Waals surface area (Å²) in [6, 6.07) is 1.66. The van der Waals surface area contributed by atoms with Crippen molar-refractivity contribution in [2.24, 2.45) is 0 Å². The van der Waals surface area contributed by atoms with Crippen molar-refractivity contribution in [2.75, 3.05) is 6.54 Å². The van der Waals surface area contributed by atoms with Crippen molar-refractivity contribution >= 4 is 32.7 Å². The molecule has 0 aliphatic rings. The van der Waals surface area contributed by atoms with Crippen LogP contribution in [0.25, 0.3) is 0 Å². The summed E-state index contributed by atoms with van der Waals surface area (Å²) in [5.74, 6) is 0. The normalized spacial score (nSPS) is 11.8. The third-order valence-corrected chi connectivity index (χ3v) is 5.70. The second kappa shape index (κ2) is 6.64. The molecule has 2 aromatic rings. The predicted octanol–water partition coefficient (Wildman–Crippen LogP) is 1.09. The minimum absolute atomic E-state index is 0.0828. The van der Waals surface area contributed by atoms with Crippen LogP contribution >= 0.6 is 22.7 Å². The predicted molar refractivity (Wildman–Crippen MR) is 80.7 cm³/mol. The minimum Gasteiger partial charge on any atom is -0.315 e. The third-order valence-electron chi connectivity index (χ3n) is 2.51. The van der Waals surface area contributed by atoms with Crippen LogP contribution < -0.4 is 14.9 Å². The molecular weight excluding hydrogens is 318 g/mol. The van der Waals surface area contributed by atoms with Crippen molar-refractivity contribution in [3.8, 4) is 0 Å². The van der Waals surface area contributed by atoms with E-state index < -0.39 is 10.0 Å². The Balaban J connectivity index is 2.02. The molecule has 2 rings (SSSR count). The first-order chi connectivity index (χ1) is 9.51. The van der Waals surface area contributed by atoms with E-state index in [1.165, 1.54) is 11.3 Å². The van der Waals surface area contributed by atoms with Crippen molar-refractivity contribution in [1.29, 1.82) is 0 Å². The van der Waals surface area contributed by atoms with Crippen molar-refractivity contribution in [1.82, 2.24) is 15.0 Å². The lowest BCUT2D eigenvalue weighted by molar-refractivity contribution is 0.581. The van der Waals surface area contributed by atoms with Gasteiger partial charge in [0.15, 0.2) is 0 Å². The van der Waals surface area contributed by atoms with Crippen molar-refractivity contribution in [3.63, 3.8) is 0 Å². The zero-order valence-corrected chi connectivity index (χ0v) is 13.3. The maximum Gasteiger partial charge on any atom is 0.304 e. The molecule has 0 saturated heterocycles. The second-order valence-corrected chi connectivity index (χ2v) is 7.63. The molecule has 0 bridgehead atoms. The molecule has 2 aromatic heterocycles. The fourth-order valence-electron chi connectivity index (χ4n) is 1.50. The summed E-state index contributed by atoms with van der Waals surface area (Å²) in [5.41, 5.74) is 0.562. The first kappa shape index (κ1) is 15.4. The number of hydrogen-bond acceptors (Lipinski definition) is 6. The van der Waals surface area contributed by atoms with E-state index in [0.29, 0.717) is 12.2 Å². The Kier molecular flexibility index (Phi) is 5.11. The molecule has 2 heterocycles. The summed E-state index contributed by atoms with van der Waals surface area (Å²) in [4.78, 5) is 14.6. The SMILES string of the molecule is CCNCc1cc(S(=O)(=O)NCc2csc(=O)[nH]2)cs1. The average molecular weight is 333 g/mol. The molecule has 0 atom stereocenters. The maximum atomic E-state index is 12.1. The molecular formula is C11H15N3O3S3. The summed E-state index contributed by atoms with van der Waals surface area (Å²) in [6.45, 7) is 3.58. The number of hydrogen-bond donors (Lipinski definition) is 3. The van der Waals surface area contributed by atoms with E-state index in [2.05, 4.69) is 15.0 Å². The standard InChI is InChI=1S/C11H15N3O3S3/c1-2-12-5-9-3-10(7-18-9)20(16,17)13-4-8-6-19-11(15)14-8/h3,6-7,12-13H,2,4-5H2,1H3,(H,14,15). The van der Waals surface area contributed by atoms with Crippen LogP contribution in [0.15, 0.2) is 26.5 Å². The minimum atomic E-state index is -3.54. The lowest BCUT2D eigenvalue weighted by atomic mass is 10.4. The van der Waals surface area contributed by atoms with Gasteiger partial charge in [0.2, 0.25) is 10.0 Å². The highest BCUT2D eigenvalue weighted by molar-refractivity contribution is 7.89. The smallest absolute Gasteiger partial charge is 0.304 e. The van der Waals surface area contributed by atoms with Crippen LogP contribution in [0, 0.1) is 0 Å². The van der Waals surface area contributed by atoms with Gasteiger partial charge in [0, 0.05) is 27.9 Å². The number of thiazole rings is 1. The fourth-order valence-corrected chi connectivity index (χ4v) is 4.33. The van der Waals surface area contributed by atoms with Crippen LogP contribution in [0.1, 0.15) is 17.5 Å². The van der Waals surface area contributed by atoms with Crippen LogP contribution in [0.4, 0.5) is 0 Å². The molecule has 0 saturated carbocycles. The number of rotatable bonds is 7. The highest BCUT2D eigenvalue weighted by Crippen LogP contribution is 2.19. The molecule has 6 nitrogen and oxygen atoms in total. The van der Waals surface area contributed by atoms with Crippen molar-refractivity contribution in [3.05, 3.63) is 37.1 Å². The Morgan fingerprint density at radius 2 is 2.05 bits per heavy atom. The molecule has 20 heavy (non-hydrogen) atoms.